The van der Waals surface area contributed by atoms with Crippen LogP contribution in [-0.2, 0) is 6.42 Å². The minimum Gasteiger partial charge on any atom is -0.0918 e. The van der Waals surface area contributed by atoms with E-state index < -0.39 is 0 Å². The maximum absolute atomic E-state index is 4.01. The minimum atomic E-state index is 1.02. The zero-order valence-corrected chi connectivity index (χ0v) is 9.69. The standard InChI is InChI=1S/C17H14/c1-13-4-2-5-14-9-11-16-7-3-6-15(10-8-13)17(16)12-14/h2-11H,1,12H2/b4-2-,10-8-,14-5-. The van der Waals surface area contributed by atoms with E-state index in [0.717, 1.165) is 12.0 Å². The lowest BCUT2D eigenvalue weighted by atomic mass is 9.89. The summed E-state index contributed by atoms with van der Waals surface area (Å²) in [7, 11) is 0. The van der Waals surface area contributed by atoms with Crippen LogP contribution in [0.3, 0.4) is 0 Å². The zero-order chi connectivity index (χ0) is 11.7. The van der Waals surface area contributed by atoms with E-state index in [4.69, 9.17) is 0 Å². The molecule has 0 unspecified atom stereocenters. The number of fused-ring (bicyclic) bond motifs is 1. The number of benzene rings is 1. The summed E-state index contributed by atoms with van der Waals surface area (Å²) in [6, 6.07) is 6.46. The Kier molecular flexibility index (Phi) is 2.41. The van der Waals surface area contributed by atoms with Gasteiger partial charge in [-0.2, -0.15) is 0 Å². The van der Waals surface area contributed by atoms with Crippen LogP contribution in [0.4, 0.5) is 0 Å². The summed E-state index contributed by atoms with van der Waals surface area (Å²) in [6.07, 6.45) is 15.9. The van der Waals surface area contributed by atoms with Crippen LogP contribution in [0.5, 0.6) is 0 Å². The molecule has 0 aliphatic heterocycles. The molecule has 0 aromatic heterocycles. The summed E-state index contributed by atoms with van der Waals surface area (Å²) in [6.45, 7) is 4.01. The molecule has 0 heteroatoms. The van der Waals surface area contributed by atoms with Gasteiger partial charge in [-0.25, -0.2) is 0 Å². The number of hydrogen-bond donors (Lipinski definition) is 0. The van der Waals surface area contributed by atoms with Gasteiger partial charge in [0.15, 0.2) is 0 Å². The van der Waals surface area contributed by atoms with E-state index in [1.807, 2.05) is 6.08 Å². The Hall–Kier alpha value is -2.08. The highest BCUT2D eigenvalue weighted by Gasteiger charge is 2.10. The largest absolute Gasteiger partial charge is 0.0918 e. The van der Waals surface area contributed by atoms with E-state index in [-0.39, 0.29) is 0 Å². The highest BCUT2D eigenvalue weighted by atomic mass is 14.1. The molecule has 0 amide bonds. The van der Waals surface area contributed by atoms with Crippen LogP contribution in [0.15, 0.2) is 66.3 Å². The van der Waals surface area contributed by atoms with Crippen molar-refractivity contribution in [3.8, 4) is 0 Å². The second kappa shape index (κ2) is 4.06. The van der Waals surface area contributed by atoms with Crippen LogP contribution < -0.4 is 0 Å². The average molecular weight is 218 g/mol. The van der Waals surface area contributed by atoms with Crippen molar-refractivity contribution in [1.82, 2.24) is 0 Å². The molecule has 1 aromatic rings. The molecule has 0 nitrogen and oxygen atoms in total. The highest BCUT2D eigenvalue weighted by Crippen LogP contribution is 2.27. The van der Waals surface area contributed by atoms with Crippen molar-refractivity contribution in [3.63, 3.8) is 0 Å². The van der Waals surface area contributed by atoms with E-state index in [0.29, 0.717) is 0 Å². The Bertz CT molecular complexity index is 592. The fourth-order valence-corrected chi connectivity index (χ4v) is 2.26. The first-order chi connectivity index (χ1) is 8.33. The van der Waals surface area contributed by atoms with Gasteiger partial charge >= 0.3 is 0 Å². The zero-order valence-electron chi connectivity index (χ0n) is 9.69. The summed E-state index contributed by atoms with van der Waals surface area (Å²) in [5.41, 5.74) is 6.43. The average Bonchev–Trinajstić information content (AvgIpc) is 2.36. The van der Waals surface area contributed by atoms with Crippen LogP contribution in [0.1, 0.15) is 16.7 Å². The van der Waals surface area contributed by atoms with Gasteiger partial charge in [-0.1, -0.05) is 67.3 Å². The molecule has 2 aliphatic rings. The van der Waals surface area contributed by atoms with Crippen molar-refractivity contribution < 1.29 is 0 Å². The lowest BCUT2D eigenvalue weighted by Crippen LogP contribution is -2.00. The van der Waals surface area contributed by atoms with Gasteiger partial charge in [0.25, 0.3) is 0 Å². The van der Waals surface area contributed by atoms with Gasteiger partial charge in [-0.3, -0.25) is 0 Å². The topological polar surface area (TPSA) is 0 Å². The molecule has 2 bridgehead atoms. The SMILES string of the molecule is C=C1/C=C\C=C2\C=Cc3cccc(c3C2)/C=C\1. The molecule has 2 aliphatic carbocycles. The number of rotatable bonds is 0. The van der Waals surface area contributed by atoms with Crippen LogP contribution >= 0.6 is 0 Å². The van der Waals surface area contributed by atoms with Crippen LogP contribution in [0, 0.1) is 0 Å². The lowest BCUT2D eigenvalue weighted by molar-refractivity contribution is 1.16. The van der Waals surface area contributed by atoms with Crippen molar-refractivity contribution in [2.45, 2.75) is 6.42 Å². The molecule has 1 aromatic carbocycles. The molecule has 0 atom stereocenters. The molecular formula is C17H14. The van der Waals surface area contributed by atoms with Gasteiger partial charge in [0.2, 0.25) is 0 Å². The summed E-state index contributed by atoms with van der Waals surface area (Å²) < 4.78 is 0. The summed E-state index contributed by atoms with van der Waals surface area (Å²) >= 11 is 0. The van der Waals surface area contributed by atoms with Crippen LogP contribution in [0.2, 0.25) is 0 Å². The molecule has 0 spiro atoms. The molecule has 82 valence electrons. The fourth-order valence-electron chi connectivity index (χ4n) is 2.26. The Morgan fingerprint density at radius 2 is 1.65 bits per heavy atom. The van der Waals surface area contributed by atoms with Gasteiger partial charge in [0, 0.05) is 0 Å². The molecule has 0 fully saturated rings. The Balaban J connectivity index is 2.22. The molecular weight excluding hydrogens is 204 g/mol. The van der Waals surface area contributed by atoms with Crippen LogP contribution in [0.25, 0.3) is 12.2 Å². The van der Waals surface area contributed by atoms with Gasteiger partial charge in [0.1, 0.15) is 0 Å². The molecule has 0 radical (unpaired) electrons. The first kappa shape index (κ1) is 10.1. The Labute approximate surface area is 102 Å². The van der Waals surface area contributed by atoms with Crippen molar-refractivity contribution >= 4 is 12.2 Å². The molecule has 17 heavy (non-hydrogen) atoms. The van der Waals surface area contributed by atoms with E-state index in [1.54, 1.807) is 0 Å². The summed E-state index contributed by atoms with van der Waals surface area (Å²) in [4.78, 5) is 0. The fraction of sp³-hybridized carbons (Fsp3) is 0.0588. The third kappa shape index (κ3) is 1.94. The Morgan fingerprint density at radius 3 is 2.47 bits per heavy atom. The number of allylic oxidation sites excluding steroid dienone is 7. The normalized spacial score (nSPS) is 23.8. The molecule has 0 N–H and O–H groups in total. The third-order valence-electron chi connectivity index (χ3n) is 3.20. The van der Waals surface area contributed by atoms with Crippen LogP contribution in [-0.4, -0.2) is 0 Å². The van der Waals surface area contributed by atoms with Gasteiger partial charge in [-0.15, -0.1) is 0 Å². The summed E-state index contributed by atoms with van der Waals surface area (Å²) in [5.74, 6) is 0. The highest BCUT2D eigenvalue weighted by molar-refractivity contribution is 5.70. The Morgan fingerprint density at radius 1 is 0.882 bits per heavy atom. The molecule has 3 rings (SSSR count). The van der Waals surface area contributed by atoms with Gasteiger partial charge in [-0.05, 0) is 34.3 Å². The monoisotopic (exact) mass is 218 g/mol. The molecule has 0 saturated heterocycles. The minimum absolute atomic E-state index is 1.02. The summed E-state index contributed by atoms with van der Waals surface area (Å²) in [5, 5.41) is 0. The van der Waals surface area contributed by atoms with Crippen molar-refractivity contribution in [2.75, 3.05) is 0 Å². The smallest absolute Gasteiger partial charge is 0.00139 e. The van der Waals surface area contributed by atoms with E-state index >= 15 is 0 Å². The maximum atomic E-state index is 4.01. The van der Waals surface area contributed by atoms with Crippen molar-refractivity contribution in [3.05, 3.63) is 83.0 Å². The van der Waals surface area contributed by atoms with Crippen molar-refractivity contribution in [2.24, 2.45) is 0 Å². The van der Waals surface area contributed by atoms with Gasteiger partial charge < -0.3 is 0 Å². The van der Waals surface area contributed by atoms with E-state index in [9.17, 15) is 0 Å². The van der Waals surface area contributed by atoms with Gasteiger partial charge in [0.05, 0.1) is 0 Å². The first-order valence-corrected chi connectivity index (χ1v) is 5.87. The first-order valence-electron chi connectivity index (χ1n) is 5.87. The quantitative estimate of drug-likeness (QED) is 0.608. The maximum Gasteiger partial charge on any atom is -0.00139 e. The molecule has 0 saturated carbocycles. The lowest BCUT2D eigenvalue weighted by Gasteiger charge is -2.16. The predicted octanol–water partition coefficient (Wildman–Crippen LogP) is 4.32. The molecule has 0 heterocycles. The second-order valence-electron chi connectivity index (χ2n) is 4.43. The second-order valence-corrected chi connectivity index (χ2v) is 4.43. The van der Waals surface area contributed by atoms with E-state index in [1.165, 1.54) is 22.3 Å². The predicted molar refractivity (Wildman–Crippen MR) is 74.6 cm³/mol. The number of hydrogen-bond acceptors (Lipinski definition) is 0. The van der Waals surface area contributed by atoms with Crippen molar-refractivity contribution in [1.29, 1.82) is 0 Å². The third-order valence-corrected chi connectivity index (χ3v) is 3.20. The van der Waals surface area contributed by atoms with E-state index in [2.05, 4.69) is 61.2 Å².